The van der Waals surface area contributed by atoms with Crippen LogP contribution in [0.2, 0.25) is 0 Å². The second-order valence-corrected chi connectivity index (χ2v) is 7.20. The molecule has 0 aliphatic heterocycles. The van der Waals surface area contributed by atoms with E-state index < -0.39 is 0 Å². The minimum absolute atomic E-state index is 0.105. The molecule has 0 amide bonds. The number of benzene rings is 1. The van der Waals surface area contributed by atoms with Gasteiger partial charge in [0.15, 0.2) is 5.13 Å². The Morgan fingerprint density at radius 3 is 2.90 bits per heavy atom. The number of rotatable bonds is 5. The number of thiazole rings is 1. The molecule has 1 aliphatic rings. The van der Waals surface area contributed by atoms with Crippen LogP contribution in [0.1, 0.15) is 34.9 Å². The van der Waals surface area contributed by atoms with Crippen molar-refractivity contribution in [3.63, 3.8) is 0 Å². The Hall–Kier alpha value is -0.910. The second kappa shape index (κ2) is 5.84. The first-order chi connectivity index (χ1) is 9.67. The smallest absolute Gasteiger partial charge is 0.185 e. The zero-order valence-electron chi connectivity index (χ0n) is 11.3. The van der Waals surface area contributed by atoms with Crippen molar-refractivity contribution in [1.82, 2.24) is 4.98 Å². The van der Waals surface area contributed by atoms with Crippen LogP contribution in [0.25, 0.3) is 0 Å². The lowest BCUT2D eigenvalue weighted by molar-refractivity contribution is 0.284. The summed E-state index contributed by atoms with van der Waals surface area (Å²) >= 11 is 5.11. The van der Waals surface area contributed by atoms with Crippen molar-refractivity contribution in [2.45, 2.75) is 31.9 Å². The maximum atomic E-state index is 9.46. The highest BCUT2D eigenvalue weighted by Gasteiger charge is 2.29. The Kier molecular flexibility index (Phi) is 4.10. The highest BCUT2D eigenvalue weighted by molar-refractivity contribution is 9.10. The van der Waals surface area contributed by atoms with E-state index in [4.69, 9.17) is 4.98 Å². The summed E-state index contributed by atoms with van der Waals surface area (Å²) in [6, 6.07) is 8.31. The van der Waals surface area contributed by atoms with E-state index in [9.17, 15) is 5.11 Å². The summed E-state index contributed by atoms with van der Waals surface area (Å²) in [4.78, 5) is 7.92. The molecule has 1 aromatic carbocycles. The van der Waals surface area contributed by atoms with Gasteiger partial charge in [0.1, 0.15) is 0 Å². The van der Waals surface area contributed by atoms with E-state index in [1.165, 1.54) is 18.4 Å². The molecular weight excluding hydrogens is 336 g/mol. The fourth-order valence-electron chi connectivity index (χ4n) is 2.28. The fraction of sp³-hybridized carbons (Fsp3) is 0.400. The number of nitrogens with zero attached hydrogens (tertiary/aromatic N) is 2. The molecule has 3 rings (SSSR count). The molecule has 0 spiro atoms. The average molecular weight is 353 g/mol. The van der Waals surface area contributed by atoms with E-state index >= 15 is 0 Å². The first-order valence-corrected chi connectivity index (χ1v) is 8.34. The third kappa shape index (κ3) is 3.05. The highest BCUT2D eigenvalue weighted by atomic mass is 79.9. The van der Waals surface area contributed by atoms with E-state index in [2.05, 4.69) is 40.0 Å². The molecule has 2 aromatic rings. The summed E-state index contributed by atoms with van der Waals surface area (Å²) < 4.78 is 1.09. The first-order valence-electron chi connectivity index (χ1n) is 6.73. The molecular formula is C15H17BrN2OS. The fourth-order valence-corrected chi connectivity index (χ4v) is 3.69. The maximum Gasteiger partial charge on any atom is 0.185 e. The number of aliphatic hydroxyl groups excluding tert-OH is 1. The van der Waals surface area contributed by atoms with Gasteiger partial charge in [-0.15, -0.1) is 0 Å². The molecule has 0 saturated heterocycles. The van der Waals surface area contributed by atoms with Gasteiger partial charge >= 0.3 is 0 Å². The van der Waals surface area contributed by atoms with Gasteiger partial charge < -0.3 is 10.0 Å². The summed E-state index contributed by atoms with van der Waals surface area (Å²) in [5.74, 6) is 0.585. The topological polar surface area (TPSA) is 36.4 Å². The van der Waals surface area contributed by atoms with Crippen molar-refractivity contribution in [2.24, 2.45) is 0 Å². The van der Waals surface area contributed by atoms with Crippen molar-refractivity contribution < 1.29 is 5.11 Å². The summed E-state index contributed by atoms with van der Waals surface area (Å²) in [7, 11) is 2.05. The third-order valence-corrected chi connectivity index (χ3v) is 5.12. The number of aromatic nitrogens is 1. The van der Waals surface area contributed by atoms with Crippen molar-refractivity contribution in [3.05, 3.63) is 44.9 Å². The molecule has 0 radical (unpaired) electrons. The predicted octanol–water partition coefficient (Wildman–Crippen LogP) is 3.91. The van der Waals surface area contributed by atoms with Gasteiger partial charge in [-0.05, 0) is 30.5 Å². The number of halogens is 1. The number of aliphatic hydroxyl groups is 1. The Balaban J connectivity index is 1.78. The van der Waals surface area contributed by atoms with Crippen LogP contribution in [0.15, 0.2) is 28.7 Å². The van der Waals surface area contributed by atoms with Gasteiger partial charge in [0.25, 0.3) is 0 Å². The molecule has 3 nitrogen and oxygen atoms in total. The molecule has 1 aliphatic carbocycles. The Morgan fingerprint density at radius 1 is 1.45 bits per heavy atom. The minimum atomic E-state index is 0.105. The van der Waals surface area contributed by atoms with Crippen molar-refractivity contribution in [2.75, 3.05) is 11.9 Å². The standard InChI is InChI=1S/C15H17BrN2OS/c1-18(8-10-3-2-4-12(16)7-10)15-17-14(11-5-6-11)13(9-19)20-15/h2-4,7,11,19H,5-6,8-9H2,1H3. The summed E-state index contributed by atoms with van der Waals surface area (Å²) in [6.45, 7) is 0.927. The van der Waals surface area contributed by atoms with Gasteiger partial charge in [-0.1, -0.05) is 39.4 Å². The van der Waals surface area contributed by atoms with E-state index in [1.807, 2.05) is 12.1 Å². The molecule has 1 fully saturated rings. The SMILES string of the molecule is CN(Cc1cccc(Br)c1)c1nc(C2CC2)c(CO)s1. The quantitative estimate of drug-likeness (QED) is 0.885. The number of hydrogen-bond donors (Lipinski definition) is 1. The van der Waals surface area contributed by atoms with Crippen LogP contribution in [0.3, 0.4) is 0 Å². The molecule has 1 heterocycles. The van der Waals surface area contributed by atoms with Crippen LogP contribution in [0.4, 0.5) is 5.13 Å². The van der Waals surface area contributed by atoms with Gasteiger partial charge in [0.05, 0.1) is 17.2 Å². The van der Waals surface area contributed by atoms with Gasteiger partial charge in [-0.3, -0.25) is 0 Å². The molecule has 1 saturated carbocycles. The Labute approximate surface area is 131 Å². The molecule has 0 atom stereocenters. The summed E-state index contributed by atoms with van der Waals surface area (Å²) in [5.41, 5.74) is 2.36. The van der Waals surface area contributed by atoms with Crippen LogP contribution in [-0.4, -0.2) is 17.1 Å². The number of anilines is 1. The van der Waals surface area contributed by atoms with Crippen LogP contribution in [-0.2, 0) is 13.2 Å². The predicted molar refractivity (Wildman–Crippen MR) is 86.3 cm³/mol. The maximum absolute atomic E-state index is 9.46. The van der Waals surface area contributed by atoms with E-state index in [-0.39, 0.29) is 6.61 Å². The van der Waals surface area contributed by atoms with Crippen LogP contribution >= 0.6 is 27.3 Å². The second-order valence-electron chi connectivity index (χ2n) is 5.22. The molecule has 1 aromatic heterocycles. The lowest BCUT2D eigenvalue weighted by Gasteiger charge is -2.15. The minimum Gasteiger partial charge on any atom is -0.391 e. The zero-order valence-corrected chi connectivity index (χ0v) is 13.7. The average Bonchev–Trinajstić information content (AvgIpc) is 3.17. The van der Waals surface area contributed by atoms with Crippen molar-refractivity contribution in [3.8, 4) is 0 Å². The van der Waals surface area contributed by atoms with Crippen LogP contribution < -0.4 is 4.90 Å². The molecule has 106 valence electrons. The van der Waals surface area contributed by atoms with Crippen LogP contribution in [0.5, 0.6) is 0 Å². The molecule has 0 bridgehead atoms. The molecule has 0 unspecified atom stereocenters. The van der Waals surface area contributed by atoms with Gasteiger partial charge in [0.2, 0.25) is 0 Å². The lowest BCUT2D eigenvalue weighted by Crippen LogP contribution is -2.16. The van der Waals surface area contributed by atoms with E-state index in [1.54, 1.807) is 11.3 Å². The van der Waals surface area contributed by atoms with Crippen LogP contribution in [0, 0.1) is 0 Å². The first kappa shape index (κ1) is 14.0. The molecule has 20 heavy (non-hydrogen) atoms. The normalized spacial score (nSPS) is 14.6. The Bertz CT molecular complexity index is 610. The lowest BCUT2D eigenvalue weighted by atomic mass is 10.2. The van der Waals surface area contributed by atoms with Gasteiger partial charge in [0, 0.05) is 24.0 Å². The molecule has 1 N–H and O–H groups in total. The Morgan fingerprint density at radius 2 is 2.25 bits per heavy atom. The van der Waals surface area contributed by atoms with Gasteiger partial charge in [-0.2, -0.15) is 0 Å². The number of hydrogen-bond acceptors (Lipinski definition) is 4. The largest absolute Gasteiger partial charge is 0.391 e. The van der Waals surface area contributed by atoms with E-state index in [0.29, 0.717) is 5.92 Å². The van der Waals surface area contributed by atoms with Crippen molar-refractivity contribution in [1.29, 1.82) is 0 Å². The monoisotopic (exact) mass is 352 g/mol. The van der Waals surface area contributed by atoms with Gasteiger partial charge in [-0.25, -0.2) is 4.98 Å². The van der Waals surface area contributed by atoms with Crippen molar-refractivity contribution >= 4 is 32.4 Å². The molecule has 5 heteroatoms. The third-order valence-electron chi connectivity index (χ3n) is 3.46. The summed E-state index contributed by atoms with van der Waals surface area (Å²) in [6.07, 6.45) is 2.43. The summed E-state index contributed by atoms with van der Waals surface area (Å²) in [5, 5.41) is 10.5. The zero-order chi connectivity index (χ0) is 14.1. The highest BCUT2D eigenvalue weighted by Crippen LogP contribution is 2.44. The van der Waals surface area contributed by atoms with E-state index in [0.717, 1.165) is 26.7 Å².